The van der Waals surface area contributed by atoms with Gasteiger partial charge in [-0.25, -0.2) is 5.01 Å². The smallest absolute Gasteiger partial charge is 0.258 e. The van der Waals surface area contributed by atoms with Crippen LogP contribution in [0, 0.1) is 138 Å². The monoisotopic (exact) mass is 1380 g/mol. The number of allylic oxidation sites excluding steroid dienone is 2. The van der Waals surface area contributed by atoms with Crippen molar-refractivity contribution in [3.8, 4) is 0 Å². The van der Waals surface area contributed by atoms with Crippen LogP contribution < -0.4 is 5.01 Å². The zero-order valence-corrected chi connectivity index (χ0v) is 55.8. The van der Waals surface area contributed by atoms with E-state index in [-0.39, 0.29) is 44.7 Å². The molecule has 39 rings (SSSR count). The van der Waals surface area contributed by atoms with Crippen molar-refractivity contribution in [3.05, 3.63) is 231 Å². The Morgan fingerprint density at radius 2 is 0.519 bits per heavy atom. The van der Waals surface area contributed by atoms with Gasteiger partial charge in [-0.05, 0) is 459 Å². The van der Waals surface area contributed by atoms with E-state index in [1.807, 2.05) is 64.2 Å². The maximum atomic E-state index is 13.0. The Morgan fingerprint density at radius 1 is 0.288 bits per heavy atom. The Kier molecular flexibility index (Phi) is 6.93. The second-order valence-electron chi connectivity index (χ2n) is 32.7. The summed E-state index contributed by atoms with van der Waals surface area (Å²) in [6, 6.07) is 15.0. The summed E-state index contributed by atoms with van der Waals surface area (Å²) in [6.45, 7) is 0. The molecule has 20 radical (unpaired) electrons. The Hall–Kier alpha value is -9.71. The van der Waals surface area contributed by atoms with Crippen LogP contribution in [0.5, 0.6) is 0 Å². The van der Waals surface area contributed by atoms with Crippen molar-refractivity contribution in [1.82, 2.24) is 0 Å². The molecule has 4 saturated carbocycles. The average molecular weight is 1380 g/mol. The third-order valence-electron chi connectivity index (χ3n) is 30.1. The van der Waals surface area contributed by atoms with E-state index in [2.05, 4.69) is 111 Å². The van der Waals surface area contributed by atoms with E-state index in [1.54, 1.807) is 163 Å². The van der Waals surface area contributed by atoms with Gasteiger partial charge in [0.25, 0.3) is 5.69 Å². The fraction of sp³-hybridized carbons (Fsp3) is 0.0206. The molecule has 456 valence electrons. The summed E-state index contributed by atoms with van der Waals surface area (Å²) >= 11 is 0. The van der Waals surface area contributed by atoms with E-state index in [4.69, 9.17) is 5.10 Å². The van der Waals surface area contributed by atoms with Gasteiger partial charge in [0.05, 0.1) is 16.3 Å². The summed E-state index contributed by atoms with van der Waals surface area (Å²) < 4.78 is 0. The summed E-state index contributed by atoms with van der Waals surface area (Å²) in [5, 5.41) is 105. The quantitative estimate of drug-likeness (QED) is 0.0691. The Labute approximate surface area is 606 Å². The summed E-state index contributed by atoms with van der Waals surface area (Å²) in [4.78, 5) is 12.8. The summed E-state index contributed by atoms with van der Waals surface area (Å²) in [6.07, 6.45) is 46.5. The van der Waals surface area contributed by atoms with Gasteiger partial charge in [0.1, 0.15) is 11.0 Å². The number of benzene rings is 20. The van der Waals surface area contributed by atoms with Gasteiger partial charge in [0.2, 0.25) is 0 Å². The molecular formula is C97H29Fe2N3O2+4. The molecule has 0 unspecified atom stereocenters. The van der Waals surface area contributed by atoms with Crippen molar-refractivity contribution in [3.63, 3.8) is 0 Å². The molecule has 0 aromatic heterocycles. The van der Waals surface area contributed by atoms with Gasteiger partial charge in [0.15, 0.2) is 0 Å². The number of rotatable bonds is 7. The van der Waals surface area contributed by atoms with Gasteiger partial charge in [0, 0.05) is 40.7 Å². The molecule has 9 aliphatic rings. The number of non-ortho nitro benzene ring substituents is 1. The predicted octanol–water partition coefficient (Wildman–Crippen LogP) is 24.0. The molecular weight excluding hydrogens is 1350 g/mol. The molecule has 8 aliphatic carbocycles. The normalized spacial score (nSPS) is 22.0. The molecule has 0 atom stereocenters. The first-order valence-electron chi connectivity index (χ1n) is 36.3. The zero-order valence-electron chi connectivity index (χ0n) is 53.6. The molecule has 30 aromatic carbocycles. The molecule has 0 amide bonds. The number of nitro benzene ring substituents is 1. The van der Waals surface area contributed by atoms with Crippen molar-refractivity contribution in [2.24, 2.45) is 5.10 Å². The van der Waals surface area contributed by atoms with Crippen molar-refractivity contribution < 1.29 is 39.1 Å². The summed E-state index contributed by atoms with van der Waals surface area (Å²) in [5.74, 6) is 2.35. The average Bonchev–Trinajstić information content (AvgIpc) is 1.38. The molecule has 0 bridgehead atoms. The molecule has 104 heavy (non-hydrogen) atoms. The van der Waals surface area contributed by atoms with Gasteiger partial charge in [-0.1, -0.05) is 24.3 Å². The molecule has 1 heterocycles. The van der Waals surface area contributed by atoms with Gasteiger partial charge in [-0.2, -0.15) is 5.10 Å². The van der Waals surface area contributed by atoms with Crippen molar-refractivity contribution >= 4 is 320 Å². The number of anilines is 1. The fourth-order valence-electron chi connectivity index (χ4n) is 28.5. The largest absolute Gasteiger partial charge is 2.00 e. The van der Waals surface area contributed by atoms with Crippen molar-refractivity contribution in [1.29, 1.82) is 0 Å². The summed E-state index contributed by atoms with van der Waals surface area (Å²) in [5.41, 5.74) is 9.47. The molecule has 5 nitrogen and oxygen atoms in total. The van der Waals surface area contributed by atoms with E-state index >= 15 is 0 Å². The van der Waals surface area contributed by atoms with Crippen molar-refractivity contribution in [2.75, 3.05) is 5.01 Å². The van der Waals surface area contributed by atoms with Crippen LogP contribution in [0.2, 0.25) is 0 Å². The van der Waals surface area contributed by atoms with E-state index in [9.17, 15) is 10.1 Å². The third kappa shape index (κ3) is 3.84. The van der Waals surface area contributed by atoms with Crippen LogP contribution in [0.25, 0.3) is 303 Å². The maximum Gasteiger partial charge on any atom is 2.00 e. The van der Waals surface area contributed by atoms with E-state index in [1.165, 1.54) is 174 Å². The van der Waals surface area contributed by atoms with Crippen LogP contribution in [0.4, 0.5) is 11.4 Å². The minimum Gasteiger partial charge on any atom is -0.258 e. The molecule has 4 fully saturated rings. The van der Waals surface area contributed by atoms with Crippen LogP contribution in [-0.2, 0) is 45.1 Å². The zero-order chi connectivity index (χ0) is 63.5. The van der Waals surface area contributed by atoms with Crippen LogP contribution in [-0.4, -0.2) is 10.6 Å². The number of nitro groups is 1. The van der Waals surface area contributed by atoms with Gasteiger partial charge < -0.3 is 0 Å². The van der Waals surface area contributed by atoms with E-state index < -0.39 is 11.0 Å². The topological polar surface area (TPSA) is 58.7 Å². The molecule has 0 saturated heterocycles. The third-order valence-corrected chi connectivity index (χ3v) is 30.1. The van der Waals surface area contributed by atoms with Gasteiger partial charge >= 0.3 is 34.1 Å². The Bertz CT molecular complexity index is 8570. The first kappa shape index (κ1) is 50.6. The molecule has 7 heteroatoms. The predicted molar refractivity (Wildman–Crippen MR) is 424 cm³/mol. The second-order valence-corrected chi connectivity index (χ2v) is 32.7. The number of hydrazone groups is 1. The number of hydrogen-bond donors (Lipinski definition) is 0. The molecule has 30 aromatic rings. The van der Waals surface area contributed by atoms with Crippen LogP contribution in [0.3, 0.4) is 0 Å². The molecule has 0 N–H and O–H groups in total. The Balaban J connectivity index is 0.000000418. The SMILES string of the molecule is O=[N+]([O-])c1ccc(N2N=C(c3cc(/C=C/[C]4[CH][CH][CH][CH]4)cc(/C=C/[C]4[CH][CH][CH][CH]4)c3)C34c5c6c7c8c9c%10c(c%11c%12c3c3c5c5c%13c6c6c7c7c9c9c%14c%10c%10c%11c%11c%12c%12c3c3c5c5c%13c%13c6c6c7c9c7c9c%14c%10c%10c%11c%11c%12c3c3c5c5c%13c6c7c6c9c%10c%11c3c56)C824)cc1.[CH]1[CH][CH][CH][CH]1.[CH]1[CH][CH][CH][CH]1.[Fe+2].[Fe+2]. The van der Waals surface area contributed by atoms with Crippen molar-refractivity contribution in [2.45, 2.75) is 11.0 Å². The second kappa shape index (κ2) is 14.2. The number of hydrogen-bond acceptors (Lipinski definition) is 4. The minimum absolute atomic E-state index is 0. The first-order chi connectivity index (χ1) is 50.6. The summed E-state index contributed by atoms with van der Waals surface area (Å²) in [7, 11) is 0. The van der Waals surface area contributed by atoms with Crippen LogP contribution in [0.15, 0.2) is 59.7 Å². The minimum atomic E-state index is -0.962. The molecule has 1 aliphatic heterocycles. The van der Waals surface area contributed by atoms with Crippen LogP contribution in [0.1, 0.15) is 38.9 Å². The fourth-order valence-corrected chi connectivity index (χ4v) is 28.5. The Morgan fingerprint density at radius 3 is 0.760 bits per heavy atom. The maximum absolute atomic E-state index is 13.0. The standard InChI is InChI=1S/C87H19N3O2.2C5H5.2Fe/c91-90(92)26-15-13-25(14-16-26)89-87-83-77-71-61-49-41-33-29-27-28-31-35(33)43(49)53-47-39(31)40-32(28)36-34-30(27)38-37(29)45-51(41)59-65-55(45)56-46(38)52-42(34)50-44(36)54-48(40)58-57(47)69(63(53)71)79(83)80-70(58)64(54)72-62(50)68-60(52)66(56)74-73(65)81(75(77)67(59)61)86(87,82(74)76(68)78(72)84(80)87)85(88-89)24-18-22(11-9-20-5-1-2-6-20)17-23(19-24)12-10-21-7-3-4-8-21;2*1-2-4-5-3-1;;/h1-19H;2*1-5H;;/q;;;2*+2/b11-9+,12-10+;;;;. The van der Waals surface area contributed by atoms with Gasteiger partial charge in [-0.15, -0.1) is 0 Å². The molecule has 2 spiro atoms. The van der Waals surface area contributed by atoms with Crippen LogP contribution >= 0.6 is 0 Å². The number of nitrogens with zero attached hydrogens (tertiary/aromatic N) is 3. The van der Waals surface area contributed by atoms with E-state index in [0.717, 1.165) is 28.1 Å². The van der Waals surface area contributed by atoms with E-state index in [0.29, 0.717) is 0 Å². The van der Waals surface area contributed by atoms with Gasteiger partial charge in [-0.3, -0.25) is 10.1 Å². The first-order valence-corrected chi connectivity index (χ1v) is 36.3.